The van der Waals surface area contributed by atoms with Crippen molar-refractivity contribution in [2.24, 2.45) is 5.10 Å². The number of nitrogens with one attached hydrogen (secondary N) is 2. The summed E-state index contributed by atoms with van der Waals surface area (Å²) in [6, 6.07) is 12.5. The Hall–Kier alpha value is -2.32. The van der Waals surface area contributed by atoms with Crippen molar-refractivity contribution in [2.45, 2.75) is 0 Å². The smallest absolute Gasteiger partial charge is 0.304 e. The Bertz CT molecular complexity index is 831. The van der Waals surface area contributed by atoms with Crippen LogP contribution in [0.1, 0.15) is 5.56 Å². The number of aromatic nitrogens is 2. The predicted octanol–water partition coefficient (Wildman–Crippen LogP) is 3.61. The van der Waals surface area contributed by atoms with Crippen LogP contribution in [0.25, 0.3) is 11.0 Å². The van der Waals surface area contributed by atoms with Gasteiger partial charge in [0.1, 0.15) is 11.0 Å². The fraction of sp³-hybridized carbons (Fsp3) is 0. The lowest BCUT2D eigenvalue weighted by Crippen LogP contribution is -2.24. The number of carbonyl (C=O) groups is 1. The van der Waals surface area contributed by atoms with E-state index in [-0.39, 0.29) is 0 Å². The van der Waals surface area contributed by atoms with Gasteiger partial charge in [0.05, 0.1) is 23.6 Å². The van der Waals surface area contributed by atoms with Gasteiger partial charge in [0.2, 0.25) is 0 Å². The lowest BCUT2D eigenvalue weighted by molar-refractivity contribution is 0.252. The highest BCUT2D eigenvalue weighted by Crippen LogP contribution is 2.20. The molecule has 8 heteroatoms. The first-order chi connectivity index (χ1) is 10.7. The Kier molecular flexibility index (Phi) is 4.40. The first-order valence-electron chi connectivity index (χ1n) is 6.29. The summed E-state index contributed by atoms with van der Waals surface area (Å²) in [4.78, 5) is 11.8. The number of halogens is 1. The molecule has 0 saturated heterocycles. The van der Waals surface area contributed by atoms with Gasteiger partial charge in [-0.25, -0.2) is 10.2 Å². The zero-order valence-electron chi connectivity index (χ0n) is 11.2. The lowest BCUT2D eigenvalue weighted by Gasteiger charge is -2.04. The third-order valence-corrected chi connectivity index (χ3v) is 3.86. The Morgan fingerprint density at radius 3 is 2.82 bits per heavy atom. The van der Waals surface area contributed by atoms with Crippen molar-refractivity contribution in [2.75, 3.05) is 5.32 Å². The summed E-state index contributed by atoms with van der Waals surface area (Å²) in [6.07, 6.45) is 1.57. The van der Waals surface area contributed by atoms with Crippen molar-refractivity contribution in [3.63, 3.8) is 0 Å². The van der Waals surface area contributed by atoms with Crippen molar-refractivity contribution in [1.82, 2.24) is 14.2 Å². The maximum atomic E-state index is 11.8. The average Bonchev–Trinajstić information content (AvgIpc) is 2.99. The molecule has 0 spiro atoms. The molecule has 3 rings (SSSR count). The highest BCUT2D eigenvalue weighted by molar-refractivity contribution is 9.10. The van der Waals surface area contributed by atoms with Crippen LogP contribution in [-0.4, -0.2) is 21.0 Å². The van der Waals surface area contributed by atoms with Crippen molar-refractivity contribution >= 4 is 56.6 Å². The van der Waals surface area contributed by atoms with E-state index in [1.54, 1.807) is 12.3 Å². The second-order valence-corrected chi connectivity index (χ2v) is 5.76. The van der Waals surface area contributed by atoms with Gasteiger partial charge in [0.15, 0.2) is 0 Å². The molecule has 1 aromatic heterocycles. The maximum Gasteiger partial charge on any atom is 0.339 e. The highest BCUT2D eigenvalue weighted by atomic mass is 79.9. The van der Waals surface area contributed by atoms with Crippen LogP contribution in [0.15, 0.2) is 52.0 Å². The molecule has 110 valence electrons. The van der Waals surface area contributed by atoms with Crippen LogP contribution in [0, 0.1) is 0 Å². The summed E-state index contributed by atoms with van der Waals surface area (Å²) < 4.78 is 9.26. The molecule has 2 N–H and O–H groups in total. The van der Waals surface area contributed by atoms with Gasteiger partial charge < -0.3 is 5.32 Å². The molecular weight excluding hydrogens is 366 g/mol. The number of carbonyl (C=O) groups excluding carboxylic acids is 1. The minimum Gasteiger partial charge on any atom is -0.304 e. The van der Waals surface area contributed by atoms with Gasteiger partial charge >= 0.3 is 6.03 Å². The molecule has 2 amide bonds. The number of fused-ring (bicyclic) bond motifs is 1. The van der Waals surface area contributed by atoms with Gasteiger partial charge in [-0.2, -0.15) is 13.8 Å². The van der Waals surface area contributed by atoms with Crippen LogP contribution in [-0.2, 0) is 0 Å². The van der Waals surface area contributed by atoms with E-state index < -0.39 is 6.03 Å². The topological polar surface area (TPSA) is 79.3 Å². The molecule has 0 radical (unpaired) electrons. The quantitative estimate of drug-likeness (QED) is 0.541. The standard InChI is InChI=1S/C14H10BrN5OS/c15-10-6-4-9(5-7-10)8-16-18-14(21)17-11-2-1-3-12-13(11)20-22-19-12/h1-8H,(H2,17,18,21)/b16-8+. The molecule has 0 atom stereocenters. The van der Waals surface area contributed by atoms with Crippen LogP contribution >= 0.6 is 27.7 Å². The Morgan fingerprint density at radius 1 is 1.18 bits per heavy atom. The molecule has 0 unspecified atom stereocenters. The molecular formula is C14H10BrN5OS. The van der Waals surface area contributed by atoms with Crippen LogP contribution < -0.4 is 10.7 Å². The number of hydrazone groups is 1. The number of amides is 2. The monoisotopic (exact) mass is 375 g/mol. The summed E-state index contributed by atoms with van der Waals surface area (Å²) in [7, 11) is 0. The Morgan fingerprint density at radius 2 is 2.00 bits per heavy atom. The van der Waals surface area contributed by atoms with E-state index >= 15 is 0 Å². The molecule has 0 bridgehead atoms. The summed E-state index contributed by atoms with van der Waals surface area (Å²) in [5.74, 6) is 0. The largest absolute Gasteiger partial charge is 0.339 e. The predicted molar refractivity (Wildman–Crippen MR) is 91.3 cm³/mol. The molecule has 0 saturated carbocycles. The normalized spacial score (nSPS) is 11.0. The summed E-state index contributed by atoms with van der Waals surface area (Å²) in [6.45, 7) is 0. The van der Waals surface area contributed by atoms with Crippen LogP contribution in [0.2, 0.25) is 0 Å². The van der Waals surface area contributed by atoms with Gasteiger partial charge in [0.25, 0.3) is 0 Å². The Balaban J connectivity index is 1.63. The second-order valence-electron chi connectivity index (χ2n) is 4.31. The third kappa shape index (κ3) is 3.46. The van der Waals surface area contributed by atoms with E-state index in [9.17, 15) is 4.79 Å². The molecule has 3 aromatic rings. The lowest BCUT2D eigenvalue weighted by atomic mass is 10.2. The van der Waals surface area contributed by atoms with Crippen LogP contribution in [0.5, 0.6) is 0 Å². The van der Waals surface area contributed by atoms with Gasteiger partial charge in [-0.1, -0.05) is 34.1 Å². The zero-order valence-corrected chi connectivity index (χ0v) is 13.6. The van der Waals surface area contributed by atoms with E-state index in [1.807, 2.05) is 36.4 Å². The number of hydrogen-bond acceptors (Lipinski definition) is 5. The summed E-state index contributed by atoms with van der Waals surface area (Å²) in [5, 5.41) is 6.60. The molecule has 22 heavy (non-hydrogen) atoms. The zero-order chi connectivity index (χ0) is 15.4. The minimum atomic E-state index is -0.436. The van der Waals surface area contributed by atoms with E-state index in [0.717, 1.165) is 27.3 Å². The van der Waals surface area contributed by atoms with Gasteiger partial charge in [-0.3, -0.25) is 0 Å². The third-order valence-electron chi connectivity index (χ3n) is 2.78. The first kappa shape index (κ1) is 14.6. The van der Waals surface area contributed by atoms with Gasteiger partial charge in [-0.05, 0) is 29.8 Å². The average molecular weight is 376 g/mol. The number of rotatable bonds is 3. The SMILES string of the molecule is O=C(N/N=C/c1ccc(Br)cc1)Nc1cccc2nsnc12. The van der Waals surface area contributed by atoms with Crippen LogP contribution in [0.4, 0.5) is 10.5 Å². The number of nitrogens with zero attached hydrogens (tertiary/aromatic N) is 3. The van der Waals surface area contributed by atoms with Crippen molar-refractivity contribution in [1.29, 1.82) is 0 Å². The van der Waals surface area contributed by atoms with Gasteiger partial charge in [-0.15, -0.1) is 0 Å². The summed E-state index contributed by atoms with van der Waals surface area (Å²) in [5.41, 5.74) is 5.31. The maximum absolute atomic E-state index is 11.8. The fourth-order valence-corrected chi connectivity index (χ4v) is 2.59. The fourth-order valence-electron chi connectivity index (χ4n) is 1.77. The van der Waals surface area contributed by atoms with Gasteiger partial charge in [0, 0.05) is 4.47 Å². The molecule has 0 aliphatic carbocycles. The highest BCUT2D eigenvalue weighted by Gasteiger charge is 2.07. The van der Waals surface area contributed by atoms with E-state index in [1.165, 1.54) is 0 Å². The first-order valence-corrected chi connectivity index (χ1v) is 7.81. The molecule has 1 heterocycles. The van der Waals surface area contributed by atoms with Crippen molar-refractivity contribution < 1.29 is 4.79 Å². The molecule has 0 fully saturated rings. The second kappa shape index (κ2) is 6.63. The molecule has 0 aliphatic rings. The van der Waals surface area contributed by atoms with E-state index in [4.69, 9.17) is 0 Å². The van der Waals surface area contributed by atoms with E-state index in [2.05, 4.69) is 40.5 Å². The molecule has 0 aliphatic heterocycles. The Labute approximate surface area is 138 Å². The van der Waals surface area contributed by atoms with Crippen molar-refractivity contribution in [3.05, 3.63) is 52.5 Å². The van der Waals surface area contributed by atoms with Crippen molar-refractivity contribution in [3.8, 4) is 0 Å². The molecule has 2 aromatic carbocycles. The number of hydrogen-bond donors (Lipinski definition) is 2. The number of urea groups is 1. The summed E-state index contributed by atoms with van der Waals surface area (Å²) >= 11 is 4.46. The van der Waals surface area contributed by atoms with E-state index in [0.29, 0.717) is 11.2 Å². The van der Waals surface area contributed by atoms with Crippen LogP contribution in [0.3, 0.4) is 0 Å². The molecule has 6 nitrogen and oxygen atoms in total. The minimum absolute atomic E-state index is 0.436. The number of benzene rings is 2. The number of anilines is 1.